The maximum absolute atomic E-state index is 6.36. The Bertz CT molecular complexity index is 964. The van der Waals surface area contributed by atoms with E-state index in [1.807, 2.05) is 36.4 Å². The second-order valence-electron chi connectivity index (χ2n) is 7.33. The summed E-state index contributed by atoms with van der Waals surface area (Å²) in [5, 5.41) is 12.4. The van der Waals surface area contributed by atoms with Gasteiger partial charge in [0.15, 0.2) is 0 Å². The van der Waals surface area contributed by atoms with Crippen LogP contribution in [0.4, 0.5) is 5.95 Å². The minimum absolute atomic E-state index is 0.221. The Morgan fingerprint density at radius 2 is 1.89 bits per heavy atom. The van der Waals surface area contributed by atoms with Gasteiger partial charge < -0.3 is 14.4 Å². The molecule has 1 saturated heterocycles. The molecule has 144 valence electrons. The number of fused-ring (bicyclic) bond motifs is 2. The normalized spacial score (nSPS) is 18.1. The molecule has 1 fully saturated rings. The highest BCUT2D eigenvalue weighted by molar-refractivity contribution is 5.44. The van der Waals surface area contributed by atoms with Crippen molar-refractivity contribution in [1.29, 1.82) is 0 Å². The van der Waals surface area contributed by atoms with Gasteiger partial charge in [-0.1, -0.05) is 29.4 Å². The van der Waals surface area contributed by atoms with Crippen molar-refractivity contribution in [2.24, 2.45) is 0 Å². The van der Waals surface area contributed by atoms with Gasteiger partial charge in [0.25, 0.3) is 0 Å². The second-order valence-corrected chi connectivity index (χ2v) is 7.33. The average Bonchev–Trinajstić information content (AvgIpc) is 3.25. The van der Waals surface area contributed by atoms with Crippen LogP contribution in [0.3, 0.4) is 0 Å². The molecule has 2 aliphatic rings. The van der Waals surface area contributed by atoms with Crippen molar-refractivity contribution in [3.8, 4) is 11.4 Å². The van der Waals surface area contributed by atoms with Crippen molar-refractivity contribution in [2.75, 3.05) is 31.7 Å². The van der Waals surface area contributed by atoms with Crippen LogP contribution in [0.15, 0.2) is 48.5 Å². The van der Waals surface area contributed by atoms with Crippen LogP contribution in [-0.2, 0) is 16.8 Å². The molecule has 0 amide bonds. The first kappa shape index (κ1) is 17.2. The Morgan fingerprint density at radius 3 is 2.68 bits per heavy atom. The van der Waals surface area contributed by atoms with Crippen LogP contribution < -0.4 is 9.64 Å². The van der Waals surface area contributed by atoms with E-state index in [1.54, 1.807) is 11.8 Å². The van der Waals surface area contributed by atoms with E-state index in [0.717, 1.165) is 56.3 Å². The third-order valence-electron chi connectivity index (χ3n) is 5.86. The van der Waals surface area contributed by atoms with Crippen molar-refractivity contribution in [3.63, 3.8) is 0 Å². The van der Waals surface area contributed by atoms with Gasteiger partial charge in [0.05, 0.1) is 25.0 Å². The molecule has 0 aliphatic carbocycles. The summed E-state index contributed by atoms with van der Waals surface area (Å²) in [6, 6.07) is 16.4. The molecule has 0 saturated carbocycles. The number of tetrazole rings is 1. The standard InChI is InChI=1S/C21H23N5O2/c1-27-18-7-8-19-16(15-18)9-14-28-21(19)10-12-25(13-11-21)20-22-23-24-26(20)17-5-3-2-4-6-17/h2-8,15H,9-14H2,1H3. The maximum atomic E-state index is 6.36. The summed E-state index contributed by atoms with van der Waals surface area (Å²) < 4.78 is 13.6. The van der Waals surface area contributed by atoms with E-state index >= 15 is 0 Å². The molecule has 0 N–H and O–H groups in total. The molecule has 0 unspecified atom stereocenters. The van der Waals surface area contributed by atoms with Gasteiger partial charge in [0, 0.05) is 13.1 Å². The molecule has 0 radical (unpaired) electrons. The number of hydrogen-bond donors (Lipinski definition) is 0. The zero-order valence-corrected chi connectivity index (χ0v) is 15.9. The molecule has 1 spiro atoms. The van der Waals surface area contributed by atoms with Crippen molar-refractivity contribution in [1.82, 2.24) is 20.2 Å². The Hall–Kier alpha value is -2.93. The molecule has 7 nitrogen and oxygen atoms in total. The first-order chi connectivity index (χ1) is 13.8. The summed E-state index contributed by atoms with van der Waals surface area (Å²) in [6.45, 7) is 2.44. The molecule has 5 rings (SSSR count). The number of hydrogen-bond acceptors (Lipinski definition) is 6. The van der Waals surface area contributed by atoms with Crippen LogP contribution in [0.2, 0.25) is 0 Å². The van der Waals surface area contributed by atoms with E-state index in [2.05, 4.69) is 32.6 Å². The number of methoxy groups -OCH3 is 1. The predicted molar refractivity (Wildman–Crippen MR) is 105 cm³/mol. The molecule has 2 aliphatic heterocycles. The highest BCUT2D eigenvalue weighted by Crippen LogP contribution is 2.43. The number of anilines is 1. The summed E-state index contributed by atoms with van der Waals surface area (Å²) in [7, 11) is 1.71. The van der Waals surface area contributed by atoms with Gasteiger partial charge in [0.1, 0.15) is 5.75 Å². The summed E-state index contributed by atoms with van der Waals surface area (Å²) >= 11 is 0. The number of aromatic nitrogens is 4. The molecule has 2 aromatic carbocycles. The Kier molecular flexibility index (Phi) is 4.24. The predicted octanol–water partition coefficient (Wildman–Crippen LogP) is 2.74. The van der Waals surface area contributed by atoms with Crippen LogP contribution in [0, 0.1) is 0 Å². The fraction of sp³-hybridized carbons (Fsp3) is 0.381. The van der Waals surface area contributed by atoms with E-state index in [1.165, 1.54) is 11.1 Å². The van der Waals surface area contributed by atoms with Crippen LogP contribution in [-0.4, -0.2) is 47.0 Å². The number of para-hydroxylation sites is 1. The molecule has 3 heterocycles. The molecule has 1 aromatic heterocycles. The fourth-order valence-corrected chi connectivity index (χ4v) is 4.38. The summed E-state index contributed by atoms with van der Waals surface area (Å²) in [5.41, 5.74) is 3.39. The molecule has 7 heteroatoms. The first-order valence-corrected chi connectivity index (χ1v) is 9.69. The van der Waals surface area contributed by atoms with Gasteiger partial charge in [-0.2, -0.15) is 4.68 Å². The zero-order chi connectivity index (χ0) is 19.0. The van der Waals surface area contributed by atoms with Gasteiger partial charge in [0.2, 0.25) is 5.95 Å². The zero-order valence-electron chi connectivity index (χ0n) is 15.9. The molecule has 0 atom stereocenters. The van der Waals surface area contributed by atoms with E-state index in [9.17, 15) is 0 Å². The minimum atomic E-state index is -0.221. The van der Waals surface area contributed by atoms with Gasteiger partial charge in [-0.05, 0) is 65.1 Å². The average molecular weight is 377 g/mol. The number of benzene rings is 2. The Morgan fingerprint density at radius 1 is 1.07 bits per heavy atom. The monoisotopic (exact) mass is 377 g/mol. The van der Waals surface area contributed by atoms with Crippen LogP contribution in [0.1, 0.15) is 24.0 Å². The van der Waals surface area contributed by atoms with Crippen molar-refractivity contribution < 1.29 is 9.47 Å². The highest BCUT2D eigenvalue weighted by Gasteiger charge is 2.41. The molecule has 28 heavy (non-hydrogen) atoms. The quantitative estimate of drug-likeness (QED) is 0.699. The van der Waals surface area contributed by atoms with Gasteiger partial charge in [-0.3, -0.25) is 0 Å². The van der Waals surface area contributed by atoms with Gasteiger partial charge in [-0.15, -0.1) is 0 Å². The molecular formula is C21H23N5O2. The first-order valence-electron chi connectivity index (χ1n) is 9.69. The number of nitrogens with zero attached hydrogens (tertiary/aromatic N) is 5. The van der Waals surface area contributed by atoms with Crippen molar-refractivity contribution in [2.45, 2.75) is 24.9 Å². The number of piperidine rings is 1. The van der Waals surface area contributed by atoms with Gasteiger partial charge >= 0.3 is 0 Å². The lowest BCUT2D eigenvalue weighted by molar-refractivity contribution is -0.0768. The lowest BCUT2D eigenvalue weighted by Gasteiger charge is -2.45. The van der Waals surface area contributed by atoms with E-state index in [-0.39, 0.29) is 5.60 Å². The summed E-state index contributed by atoms with van der Waals surface area (Å²) in [4.78, 5) is 2.25. The topological polar surface area (TPSA) is 65.3 Å². The summed E-state index contributed by atoms with van der Waals surface area (Å²) in [6.07, 6.45) is 2.76. The van der Waals surface area contributed by atoms with Crippen LogP contribution >= 0.6 is 0 Å². The van der Waals surface area contributed by atoms with E-state index < -0.39 is 0 Å². The van der Waals surface area contributed by atoms with E-state index in [4.69, 9.17) is 9.47 Å². The maximum Gasteiger partial charge on any atom is 0.250 e. The number of ether oxygens (including phenoxy) is 2. The SMILES string of the molecule is COc1ccc2c(c1)CCOC21CCN(c2nnnn2-c2ccccc2)CC1. The van der Waals surface area contributed by atoms with E-state index in [0.29, 0.717) is 0 Å². The van der Waals surface area contributed by atoms with Crippen LogP contribution in [0.25, 0.3) is 5.69 Å². The fourth-order valence-electron chi connectivity index (χ4n) is 4.38. The minimum Gasteiger partial charge on any atom is -0.497 e. The van der Waals surface area contributed by atoms with Crippen LogP contribution in [0.5, 0.6) is 5.75 Å². The van der Waals surface area contributed by atoms with Crippen molar-refractivity contribution >= 4 is 5.95 Å². The third kappa shape index (κ3) is 2.82. The highest BCUT2D eigenvalue weighted by atomic mass is 16.5. The molecule has 0 bridgehead atoms. The van der Waals surface area contributed by atoms with Gasteiger partial charge in [-0.25, -0.2) is 0 Å². The lowest BCUT2D eigenvalue weighted by Crippen LogP contribution is -2.47. The third-order valence-corrected chi connectivity index (χ3v) is 5.86. The Labute approximate surface area is 163 Å². The smallest absolute Gasteiger partial charge is 0.250 e. The number of rotatable bonds is 3. The molecule has 3 aromatic rings. The largest absolute Gasteiger partial charge is 0.497 e. The Balaban J connectivity index is 1.39. The second kappa shape index (κ2) is 6.91. The summed E-state index contributed by atoms with van der Waals surface area (Å²) in [5.74, 6) is 1.70. The molecular weight excluding hydrogens is 354 g/mol. The van der Waals surface area contributed by atoms with Crippen molar-refractivity contribution in [3.05, 3.63) is 59.7 Å². The lowest BCUT2D eigenvalue weighted by atomic mass is 9.79.